The van der Waals surface area contributed by atoms with Crippen LogP contribution in [0.5, 0.6) is 0 Å². The number of hydrogen-bond donors (Lipinski definition) is 1. The smallest absolute Gasteiger partial charge is 0.0656 e. The van der Waals surface area contributed by atoms with Crippen molar-refractivity contribution in [3.63, 3.8) is 0 Å². The largest absolute Gasteiger partial charge is 0.390 e. The maximum absolute atomic E-state index is 10.6. The normalized spacial score (nSPS) is 54.1. The van der Waals surface area contributed by atoms with E-state index in [1.807, 2.05) is 0 Å². The molecule has 0 aromatic heterocycles. The third kappa shape index (κ3) is 1.21. The Bertz CT molecular complexity index is 339. The molecule has 0 spiro atoms. The van der Waals surface area contributed by atoms with Crippen LogP contribution in [0, 0.1) is 29.1 Å². The van der Waals surface area contributed by atoms with Crippen LogP contribution in [-0.4, -0.2) is 10.7 Å². The molecule has 0 bridgehead atoms. The second-order valence-corrected chi connectivity index (χ2v) is 7.18. The van der Waals surface area contributed by atoms with E-state index in [1.54, 1.807) is 0 Å². The highest BCUT2D eigenvalue weighted by molar-refractivity contribution is 5.22. The second kappa shape index (κ2) is 2.93. The van der Waals surface area contributed by atoms with Crippen molar-refractivity contribution in [3.05, 3.63) is 12.2 Å². The van der Waals surface area contributed by atoms with Crippen LogP contribution in [0.1, 0.15) is 46.5 Å². The van der Waals surface area contributed by atoms with Crippen molar-refractivity contribution in [2.45, 2.75) is 52.1 Å². The molecule has 3 saturated carbocycles. The molecular weight excluding hydrogens is 196 g/mol. The van der Waals surface area contributed by atoms with Crippen molar-refractivity contribution in [3.8, 4) is 0 Å². The highest BCUT2D eigenvalue weighted by Gasteiger charge is 2.67. The summed E-state index contributed by atoms with van der Waals surface area (Å²) < 4.78 is 0. The number of aliphatic hydroxyl groups is 1. The maximum Gasteiger partial charge on any atom is 0.0656 e. The van der Waals surface area contributed by atoms with Gasteiger partial charge in [0.15, 0.2) is 0 Å². The molecule has 1 N–H and O–H groups in total. The van der Waals surface area contributed by atoms with Gasteiger partial charge in [0.25, 0.3) is 0 Å². The van der Waals surface area contributed by atoms with Crippen molar-refractivity contribution in [2.75, 3.05) is 0 Å². The molecule has 3 aliphatic carbocycles. The Balaban J connectivity index is 1.98. The van der Waals surface area contributed by atoms with Crippen molar-refractivity contribution in [2.24, 2.45) is 29.1 Å². The fourth-order valence-electron chi connectivity index (χ4n) is 4.90. The van der Waals surface area contributed by atoms with E-state index in [4.69, 9.17) is 0 Å². The molecule has 0 radical (unpaired) electrons. The lowest BCUT2D eigenvalue weighted by atomic mass is 9.78. The molecular formula is C15H24O. The Morgan fingerprint density at radius 3 is 2.56 bits per heavy atom. The van der Waals surface area contributed by atoms with Crippen molar-refractivity contribution in [1.82, 2.24) is 0 Å². The van der Waals surface area contributed by atoms with Gasteiger partial charge in [-0.05, 0) is 61.7 Å². The standard InChI is InChI=1S/C15H24O/c1-9-5-6-11-13(14(11,2)3)12-10(9)7-8-15(12,4)16/h10-13,16H,1,5-8H2,2-4H3/t10-,11+,12+,13+,15-/m1/s1. The number of allylic oxidation sites excluding steroid dienone is 1. The monoisotopic (exact) mass is 220 g/mol. The van der Waals surface area contributed by atoms with Crippen LogP contribution in [-0.2, 0) is 0 Å². The molecule has 0 aromatic carbocycles. The van der Waals surface area contributed by atoms with Gasteiger partial charge >= 0.3 is 0 Å². The van der Waals surface area contributed by atoms with Crippen LogP contribution in [0.4, 0.5) is 0 Å². The Kier molecular flexibility index (Phi) is 1.98. The molecule has 1 nitrogen and oxygen atoms in total. The summed E-state index contributed by atoms with van der Waals surface area (Å²) in [5.74, 6) is 2.67. The van der Waals surface area contributed by atoms with Crippen molar-refractivity contribution < 1.29 is 5.11 Å². The maximum atomic E-state index is 10.6. The second-order valence-electron chi connectivity index (χ2n) is 7.18. The molecule has 16 heavy (non-hydrogen) atoms. The summed E-state index contributed by atoms with van der Waals surface area (Å²) >= 11 is 0. The van der Waals surface area contributed by atoms with Crippen LogP contribution < -0.4 is 0 Å². The van der Waals surface area contributed by atoms with E-state index < -0.39 is 5.60 Å². The van der Waals surface area contributed by atoms with E-state index in [1.165, 1.54) is 18.4 Å². The highest BCUT2D eigenvalue weighted by Crippen LogP contribution is 2.71. The van der Waals surface area contributed by atoms with E-state index in [0.29, 0.717) is 17.3 Å². The topological polar surface area (TPSA) is 20.2 Å². The van der Waals surface area contributed by atoms with Crippen molar-refractivity contribution >= 4 is 0 Å². The van der Waals surface area contributed by atoms with Crippen LogP contribution in [0.3, 0.4) is 0 Å². The first-order chi connectivity index (χ1) is 7.36. The third-order valence-electron chi connectivity index (χ3n) is 5.94. The first-order valence-corrected chi connectivity index (χ1v) is 6.76. The lowest BCUT2D eigenvalue weighted by Gasteiger charge is -2.31. The zero-order valence-corrected chi connectivity index (χ0v) is 10.8. The van der Waals surface area contributed by atoms with Gasteiger partial charge in [-0.1, -0.05) is 26.0 Å². The summed E-state index contributed by atoms with van der Waals surface area (Å²) in [4.78, 5) is 0. The van der Waals surface area contributed by atoms with Crippen LogP contribution in [0.25, 0.3) is 0 Å². The molecule has 5 atom stereocenters. The Morgan fingerprint density at radius 1 is 1.19 bits per heavy atom. The highest BCUT2D eigenvalue weighted by atomic mass is 16.3. The first kappa shape index (κ1) is 10.8. The van der Waals surface area contributed by atoms with Crippen molar-refractivity contribution in [1.29, 1.82) is 0 Å². The third-order valence-corrected chi connectivity index (χ3v) is 5.94. The van der Waals surface area contributed by atoms with E-state index >= 15 is 0 Å². The summed E-state index contributed by atoms with van der Waals surface area (Å²) in [7, 11) is 0. The lowest BCUT2D eigenvalue weighted by molar-refractivity contribution is -0.00137. The predicted octanol–water partition coefficient (Wildman–Crippen LogP) is 3.39. The molecule has 0 amide bonds. The summed E-state index contributed by atoms with van der Waals surface area (Å²) in [6.45, 7) is 11.1. The lowest BCUT2D eigenvalue weighted by Crippen LogP contribution is -2.34. The summed E-state index contributed by atoms with van der Waals surface area (Å²) in [6.07, 6.45) is 4.64. The minimum atomic E-state index is -0.436. The molecule has 0 saturated heterocycles. The van der Waals surface area contributed by atoms with Gasteiger partial charge in [0, 0.05) is 0 Å². The Hall–Kier alpha value is -0.300. The fraction of sp³-hybridized carbons (Fsp3) is 0.867. The molecule has 3 aliphatic rings. The number of hydrogen-bond acceptors (Lipinski definition) is 1. The molecule has 90 valence electrons. The zero-order valence-electron chi connectivity index (χ0n) is 10.8. The molecule has 0 unspecified atom stereocenters. The molecule has 0 aromatic rings. The predicted molar refractivity (Wildman–Crippen MR) is 66.0 cm³/mol. The van der Waals surface area contributed by atoms with E-state index in [2.05, 4.69) is 27.4 Å². The number of rotatable bonds is 0. The molecule has 1 heteroatoms. The van der Waals surface area contributed by atoms with Gasteiger partial charge in [0.1, 0.15) is 0 Å². The summed E-state index contributed by atoms with van der Waals surface area (Å²) in [5.41, 5.74) is 1.46. The minimum Gasteiger partial charge on any atom is -0.390 e. The first-order valence-electron chi connectivity index (χ1n) is 6.76. The minimum absolute atomic E-state index is 0.436. The molecule has 0 heterocycles. The van der Waals surface area contributed by atoms with Gasteiger partial charge in [-0.15, -0.1) is 0 Å². The van der Waals surface area contributed by atoms with Gasteiger partial charge in [-0.3, -0.25) is 0 Å². The average molecular weight is 220 g/mol. The Morgan fingerprint density at radius 2 is 1.88 bits per heavy atom. The molecule has 0 aliphatic heterocycles. The molecule has 3 rings (SSSR count). The van der Waals surface area contributed by atoms with Gasteiger partial charge in [-0.2, -0.15) is 0 Å². The molecule has 3 fully saturated rings. The van der Waals surface area contributed by atoms with Crippen LogP contribution in [0.15, 0.2) is 12.2 Å². The quantitative estimate of drug-likeness (QED) is 0.620. The Labute approximate surface area is 98.9 Å². The van der Waals surface area contributed by atoms with E-state index in [9.17, 15) is 5.11 Å². The van der Waals surface area contributed by atoms with E-state index in [0.717, 1.165) is 24.7 Å². The van der Waals surface area contributed by atoms with Gasteiger partial charge in [-0.25, -0.2) is 0 Å². The summed E-state index contributed by atoms with van der Waals surface area (Å²) in [6, 6.07) is 0. The van der Waals surface area contributed by atoms with Crippen LogP contribution >= 0.6 is 0 Å². The SMILES string of the molecule is C=C1CC[C@H]2[C@@H]([C@@H]3[C@@H]1CC[C@@]3(C)O)C2(C)C. The zero-order chi connectivity index (χ0) is 11.7. The van der Waals surface area contributed by atoms with E-state index in [-0.39, 0.29) is 0 Å². The fourth-order valence-corrected chi connectivity index (χ4v) is 4.90. The van der Waals surface area contributed by atoms with Gasteiger partial charge < -0.3 is 5.11 Å². The van der Waals surface area contributed by atoms with Gasteiger partial charge in [0.2, 0.25) is 0 Å². The number of fused-ring (bicyclic) bond motifs is 3. The average Bonchev–Trinajstić information content (AvgIpc) is 2.61. The van der Waals surface area contributed by atoms with Gasteiger partial charge in [0.05, 0.1) is 5.60 Å². The van der Waals surface area contributed by atoms with Crippen LogP contribution in [0.2, 0.25) is 0 Å². The summed E-state index contributed by atoms with van der Waals surface area (Å²) in [5, 5.41) is 10.6.